The summed E-state index contributed by atoms with van der Waals surface area (Å²) in [5.74, 6) is -0.249. The van der Waals surface area contributed by atoms with Crippen molar-refractivity contribution in [2.75, 3.05) is 6.54 Å². The van der Waals surface area contributed by atoms with Crippen molar-refractivity contribution in [1.82, 2.24) is 10.2 Å². The Labute approximate surface area is 179 Å². The first-order valence-electron chi connectivity index (χ1n) is 10.8. The van der Waals surface area contributed by atoms with Crippen molar-refractivity contribution in [3.8, 4) is 0 Å². The van der Waals surface area contributed by atoms with Crippen molar-refractivity contribution in [3.63, 3.8) is 0 Å². The van der Waals surface area contributed by atoms with Crippen LogP contribution in [0.2, 0.25) is 0 Å². The number of likely N-dealkylation sites (tertiary alicyclic amines) is 1. The molecule has 1 aromatic carbocycles. The van der Waals surface area contributed by atoms with Gasteiger partial charge in [-0.2, -0.15) is 0 Å². The molecule has 0 aliphatic carbocycles. The van der Waals surface area contributed by atoms with Crippen LogP contribution in [0, 0.1) is 5.41 Å². The summed E-state index contributed by atoms with van der Waals surface area (Å²) in [6.07, 6.45) is 4.29. The van der Waals surface area contributed by atoms with Gasteiger partial charge >= 0.3 is 0 Å². The second-order valence-corrected chi connectivity index (χ2v) is 9.47. The number of amides is 2. The van der Waals surface area contributed by atoms with E-state index in [0.29, 0.717) is 13.0 Å². The fraction of sp³-hybridized carbons (Fsp3) is 0.542. The Morgan fingerprint density at radius 2 is 1.90 bits per heavy atom. The summed E-state index contributed by atoms with van der Waals surface area (Å²) < 4.78 is 0. The average Bonchev–Trinajstić information content (AvgIpc) is 3.35. The molecule has 1 aromatic rings. The molecule has 0 aromatic heterocycles. The van der Waals surface area contributed by atoms with Crippen molar-refractivity contribution in [1.29, 1.82) is 0 Å². The van der Waals surface area contributed by atoms with Gasteiger partial charge in [0.15, 0.2) is 0 Å². The van der Waals surface area contributed by atoms with E-state index in [9.17, 15) is 9.59 Å². The molecule has 3 N–H and O–H groups in total. The topological polar surface area (TPSA) is 87.8 Å². The Balaban J connectivity index is 1.65. The highest BCUT2D eigenvalue weighted by atomic mass is 16.2. The van der Waals surface area contributed by atoms with Gasteiger partial charge in [-0.3, -0.25) is 14.6 Å². The van der Waals surface area contributed by atoms with Crippen LogP contribution < -0.4 is 11.1 Å². The first kappa shape index (κ1) is 22.2. The minimum atomic E-state index is -0.617. The summed E-state index contributed by atoms with van der Waals surface area (Å²) in [5, 5.41) is 3.09. The molecular weight excluding hydrogens is 376 g/mol. The van der Waals surface area contributed by atoms with E-state index >= 15 is 0 Å². The van der Waals surface area contributed by atoms with Crippen LogP contribution in [0.15, 0.2) is 35.0 Å². The van der Waals surface area contributed by atoms with Gasteiger partial charge in [-0.25, -0.2) is 0 Å². The van der Waals surface area contributed by atoms with E-state index < -0.39 is 12.1 Å². The SMILES string of the molecule is CC1=C(c2ccc([C@H](C)NC(=O)C3CCCN3C(=O)[C@@H](N)C(C)(C)C)cc2)CC=N1. The third kappa shape index (κ3) is 4.64. The van der Waals surface area contributed by atoms with Crippen LogP contribution in [0.1, 0.15) is 71.0 Å². The quantitative estimate of drug-likeness (QED) is 0.779. The molecule has 6 heteroatoms. The summed E-state index contributed by atoms with van der Waals surface area (Å²) in [5.41, 5.74) is 10.3. The monoisotopic (exact) mass is 410 g/mol. The minimum Gasteiger partial charge on any atom is -0.348 e. The molecule has 1 fully saturated rings. The highest BCUT2D eigenvalue weighted by molar-refractivity contribution is 5.91. The van der Waals surface area contributed by atoms with Crippen LogP contribution in [-0.2, 0) is 9.59 Å². The molecule has 1 saturated heterocycles. The van der Waals surface area contributed by atoms with E-state index in [4.69, 9.17) is 5.73 Å². The number of nitrogens with zero attached hydrogens (tertiary/aromatic N) is 2. The minimum absolute atomic E-state index is 0.110. The maximum absolute atomic E-state index is 13.0. The summed E-state index contributed by atoms with van der Waals surface area (Å²) in [7, 11) is 0. The first-order valence-corrected chi connectivity index (χ1v) is 10.8. The number of aliphatic imine (C=N–C) groups is 1. The molecule has 2 aliphatic heterocycles. The predicted molar refractivity (Wildman–Crippen MR) is 121 cm³/mol. The predicted octanol–water partition coefficient (Wildman–Crippen LogP) is 3.43. The lowest BCUT2D eigenvalue weighted by Crippen LogP contribution is -2.55. The summed E-state index contributed by atoms with van der Waals surface area (Å²) >= 11 is 0. The molecule has 6 nitrogen and oxygen atoms in total. The summed E-state index contributed by atoms with van der Waals surface area (Å²) in [6, 6.07) is 7.05. The Hall–Kier alpha value is -2.47. The van der Waals surface area contributed by atoms with Gasteiger partial charge in [0.05, 0.1) is 12.1 Å². The van der Waals surface area contributed by atoms with Crippen LogP contribution in [-0.4, -0.2) is 41.6 Å². The number of hydrogen-bond acceptors (Lipinski definition) is 4. The van der Waals surface area contributed by atoms with E-state index in [-0.39, 0.29) is 23.3 Å². The van der Waals surface area contributed by atoms with Gasteiger partial charge < -0.3 is 16.0 Å². The van der Waals surface area contributed by atoms with Crippen LogP contribution in [0.3, 0.4) is 0 Å². The maximum atomic E-state index is 13.0. The zero-order valence-electron chi connectivity index (χ0n) is 18.7. The zero-order chi connectivity index (χ0) is 22.1. The molecule has 0 saturated carbocycles. The molecular formula is C24H34N4O2. The lowest BCUT2D eigenvalue weighted by atomic mass is 9.86. The number of allylic oxidation sites excluding steroid dienone is 2. The molecule has 3 atom stereocenters. The Kier molecular flexibility index (Phi) is 6.46. The molecule has 1 unspecified atom stereocenters. The first-order chi connectivity index (χ1) is 14.1. The molecule has 0 bridgehead atoms. The van der Waals surface area contributed by atoms with E-state index in [1.807, 2.05) is 53.0 Å². The van der Waals surface area contributed by atoms with Crippen molar-refractivity contribution in [3.05, 3.63) is 41.1 Å². The smallest absolute Gasteiger partial charge is 0.243 e. The van der Waals surface area contributed by atoms with E-state index in [0.717, 1.165) is 29.7 Å². The molecule has 162 valence electrons. The molecule has 3 rings (SSSR count). The highest BCUT2D eigenvalue weighted by Gasteiger charge is 2.39. The van der Waals surface area contributed by atoms with E-state index in [1.165, 1.54) is 5.57 Å². The van der Waals surface area contributed by atoms with Crippen LogP contribution in [0.5, 0.6) is 0 Å². The number of rotatable bonds is 5. The van der Waals surface area contributed by atoms with Gasteiger partial charge in [-0.15, -0.1) is 0 Å². The van der Waals surface area contributed by atoms with Crippen LogP contribution >= 0.6 is 0 Å². The highest BCUT2D eigenvalue weighted by Crippen LogP contribution is 2.28. The largest absolute Gasteiger partial charge is 0.348 e. The number of nitrogens with one attached hydrogen (secondary N) is 1. The van der Waals surface area contributed by atoms with Crippen LogP contribution in [0.25, 0.3) is 5.57 Å². The second-order valence-electron chi connectivity index (χ2n) is 9.47. The van der Waals surface area contributed by atoms with Gasteiger partial charge in [0.25, 0.3) is 0 Å². The fourth-order valence-corrected chi connectivity index (χ4v) is 4.04. The number of hydrogen-bond donors (Lipinski definition) is 2. The number of nitrogens with two attached hydrogens (primary N) is 1. The molecule has 0 spiro atoms. The van der Waals surface area contributed by atoms with E-state index in [1.54, 1.807) is 4.90 Å². The summed E-state index contributed by atoms with van der Waals surface area (Å²) in [6.45, 7) is 10.4. The molecule has 0 radical (unpaired) electrons. The van der Waals surface area contributed by atoms with Crippen molar-refractivity contribution in [2.45, 2.75) is 72.0 Å². The zero-order valence-corrected chi connectivity index (χ0v) is 18.7. The fourth-order valence-electron chi connectivity index (χ4n) is 4.04. The van der Waals surface area contributed by atoms with Gasteiger partial charge in [0.1, 0.15) is 6.04 Å². The van der Waals surface area contributed by atoms with Crippen molar-refractivity contribution >= 4 is 23.6 Å². The molecule has 2 heterocycles. The number of benzene rings is 1. The lowest BCUT2D eigenvalue weighted by Gasteiger charge is -2.33. The molecule has 2 aliphatic rings. The normalized spacial score (nSPS) is 21.1. The summed E-state index contributed by atoms with van der Waals surface area (Å²) in [4.78, 5) is 31.8. The Morgan fingerprint density at radius 3 is 2.47 bits per heavy atom. The Morgan fingerprint density at radius 1 is 1.23 bits per heavy atom. The lowest BCUT2D eigenvalue weighted by molar-refractivity contribution is -0.141. The molecule has 2 amide bonds. The molecule has 30 heavy (non-hydrogen) atoms. The van der Waals surface area contributed by atoms with Gasteiger partial charge in [-0.1, -0.05) is 45.0 Å². The van der Waals surface area contributed by atoms with Gasteiger partial charge in [-0.05, 0) is 48.8 Å². The van der Waals surface area contributed by atoms with Crippen molar-refractivity contribution < 1.29 is 9.59 Å². The Bertz CT molecular complexity index is 864. The van der Waals surface area contributed by atoms with Crippen LogP contribution in [0.4, 0.5) is 0 Å². The van der Waals surface area contributed by atoms with Gasteiger partial charge in [0, 0.05) is 24.9 Å². The second kappa shape index (κ2) is 8.72. The van der Waals surface area contributed by atoms with Gasteiger partial charge in [0.2, 0.25) is 11.8 Å². The maximum Gasteiger partial charge on any atom is 0.243 e. The average molecular weight is 411 g/mol. The number of carbonyl (C=O) groups is 2. The third-order valence-corrected chi connectivity index (χ3v) is 6.17. The van der Waals surface area contributed by atoms with E-state index in [2.05, 4.69) is 22.4 Å². The standard InChI is InChI=1S/C24H34N4O2/c1-15(17-8-10-18(11-9-17)19-12-13-26-16(19)2)27-22(29)20-7-6-14-28(20)23(30)21(25)24(3,4)5/h8-11,13,15,20-21H,6-7,12,14,25H2,1-5H3,(H,27,29)/t15-,20?,21+/m0/s1. The van der Waals surface area contributed by atoms with Crippen molar-refractivity contribution in [2.24, 2.45) is 16.1 Å². The third-order valence-electron chi connectivity index (χ3n) is 6.17. The number of carbonyl (C=O) groups excluding carboxylic acids is 2.